The molecule has 0 aromatic carbocycles. The lowest BCUT2D eigenvalue weighted by Crippen LogP contribution is -2.39. The van der Waals surface area contributed by atoms with Gasteiger partial charge in [-0.05, 0) is 24.6 Å². The Balaban J connectivity index is 1.74. The molecule has 1 aromatic heterocycles. The molecule has 8 nitrogen and oxygen atoms in total. The molecule has 2 aliphatic heterocycles. The predicted octanol–water partition coefficient (Wildman–Crippen LogP) is 2.45. The number of carbonyl (C=O) groups excluding carboxylic acids is 2. The van der Waals surface area contributed by atoms with Crippen LogP contribution in [0.1, 0.15) is 39.8 Å². The maximum atomic E-state index is 12.8. The van der Waals surface area contributed by atoms with Crippen molar-refractivity contribution in [3.05, 3.63) is 51.6 Å². The van der Waals surface area contributed by atoms with Gasteiger partial charge < -0.3 is 15.0 Å². The van der Waals surface area contributed by atoms with Crippen molar-refractivity contribution in [3.8, 4) is 0 Å². The van der Waals surface area contributed by atoms with Gasteiger partial charge in [0.1, 0.15) is 10.7 Å². The van der Waals surface area contributed by atoms with E-state index in [4.69, 9.17) is 21.5 Å². The van der Waals surface area contributed by atoms with Crippen molar-refractivity contribution in [1.29, 1.82) is 0 Å². The lowest BCUT2D eigenvalue weighted by atomic mass is 10.0. The number of nitrogens with zero attached hydrogens (tertiary/aromatic N) is 2. The molecule has 12 heteroatoms. The van der Waals surface area contributed by atoms with E-state index < -0.39 is 31.2 Å². The number of carbonyl (C=O) groups is 2. The van der Waals surface area contributed by atoms with Crippen LogP contribution in [0.25, 0.3) is 0 Å². The Bertz CT molecular complexity index is 932. The number of fused-ring (bicyclic) bond motifs is 1. The molecule has 0 saturated heterocycles. The van der Waals surface area contributed by atoms with Gasteiger partial charge in [-0.15, -0.1) is 0 Å². The minimum atomic E-state index is -4.33. The fourth-order valence-electron chi connectivity index (χ4n) is 3.21. The zero-order valence-electron chi connectivity index (χ0n) is 15.7. The minimum absolute atomic E-state index is 0.0407. The number of allylic oxidation sites excluding steroid dienone is 2. The number of amides is 2. The molecule has 30 heavy (non-hydrogen) atoms. The van der Waals surface area contributed by atoms with Gasteiger partial charge in [-0.2, -0.15) is 13.2 Å². The maximum absolute atomic E-state index is 12.8. The molecule has 0 radical (unpaired) electrons. The van der Waals surface area contributed by atoms with Crippen molar-refractivity contribution in [2.75, 3.05) is 13.2 Å². The monoisotopic (exact) mass is 446 g/mol. The van der Waals surface area contributed by atoms with Crippen LogP contribution in [0.15, 0.2) is 34.8 Å². The Morgan fingerprint density at radius 2 is 2.23 bits per heavy atom. The third-order valence-electron chi connectivity index (χ3n) is 4.81. The van der Waals surface area contributed by atoms with Gasteiger partial charge in [-0.1, -0.05) is 11.6 Å². The summed E-state index contributed by atoms with van der Waals surface area (Å²) >= 11 is 6.13. The van der Waals surface area contributed by atoms with Crippen molar-refractivity contribution in [3.63, 3.8) is 0 Å². The Labute approximate surface area is 174 Å². The van der Waals surface area contributed by atoms with Crippen molar-refractivity contribution in [1.82, 2.24) is 20.7 Å². The van der Waals surface area contributed by atoms with Gasteiger partial charge in [0.25, 0.3) is 11.8 Å². The van der Waals surface area contributed by atoms with E-state index >= 15 is 0 Å². The zero-order valence-corrected chi connectivity index (χ0v) is 16.5. The molecular weight excluding hydrogens is 429 g/mol. The number of rotatable bonds is 6. The number of aromatic nitrogens is 1. The normalized spacial score (nSPS) is 17.3. The third kappa shape index (κ3) is 4.51. The molecule has 1 aromatic rings. The highest BCUT2D eigenvalue weighted by molar-refractivity contribution is 6.31. The van der Waals surface area contributed by atoms with E-state index in [2.05, 4.69) is 10.3 Å². The fraction of sp³-hybridized carbons (Fsp3) is 0.389. The van der Waals surface area contributed by atoms with E-state index in [1.807, 2.05) is 0 Å². The molecule has 3 heterocycles. The first-order valence-electron chi connectivity index (χ1n) is 8.89. The van der Waals surface area contributed by atoms with E-state index in [0.717, 1.165) is 0 Å². The average Bonchev–Trinajstić information content (AvgIpc) is 3.04. The first-order chi connectivity index (χ1) is 14.1. The second kappa shape index (κ2) is 8.52. The Morgan fingerprint density at radius 3 is 2.87 bits per heavy atom. The topological polar surface area (TPSA) is 104 Å². The zero-order chi connectivity index (χ0) is 22.1. The molecule has 0 aliphatic carbocycles. The van der Waals surface area contributed by atoms with Crippen LogP contribution in [0.5, 0.6) is 0 Å². The van der Waals surface area contributed by atoms with Crippen LogP contribution >= 0.6 is 11.6 Å². The molecule has 2 aliphatic rings. The number of ether oxygens (including phenoxy) is 1. The SMILES string of the molecule is CC(C1=CC(Cl)=C(OCCC(F)(F)F)NC1)N1Cc2c(ccnc2C(=O)NO)C1=O. The number of hydrogen-bond donors (Lipinski definition) is 3. The van der Waals surface area contributed by atoms with Gasteiger partial charge in [0, 0.05) is 30.4 Å². The van der Waals surface area contributed by atoms with E-state index in [-0.39, 0.29) is 35.6 Å². The number of nitrogens with one attached hydrogen (secondary N) is 2. The molecule has 2 amide bonds. The van der Waals surface area contributed by atoms with Crippen LogP contribution in [-0.2, 0) is 11.3 Å². The molecule has 3 rings (SSSR count). The van der Waals surface area contributed by atoms with Crippen LogP contribution in [0, 0.1) is 0 Å². The van der Waals surface area contributed by atoms with Gasteiger partial charge in [0.05, 0.1) is 19.1 Å². The van der Waals surface area contributed by atoms with E-state index in [1.165, 1.54) is 22.6 Å². The van der Waals surface area contributed by atoms with E-state index in [1.54, 1.807) is 13.0 Å². The van der Waals surface area contributed by atoms with Gasteiger partial charge >= 0.3 is 6.18 Å². The van der Waals surface area contributed by atoms with Gasteiger partial charge in [-0.3, -0.25) is 19.8 Å². The number of hydrogen-bond acceptors (Lipinski definition) is 6. The largest absolute Gasteiger partial charge is 0.478 e. The van der Waals surface area contributed by atoms with Crippen molar-refractivity contribution < 1.29 is 32.7 Å². The first kappa shape index (κ1) is 21.9. The summed E-state index contributed by atoms with van der Waals surface area (Å²) in [7, 11) is 0. The molecular formula is C18H18ClF3N4O4. The summed E-state index contributed by atoms with van der Waals surface area (Å²) in [6, 6.07) is 1.05. The standard InChI is InChI=1S/C18H18ClF3N4O4/c1-9(10-6-13(19)16(24-7-10)30-5-3-18(20,21)22)26-8-12-11(17(26)28)2-4-23-14(12)15(27)25-29/h2,4,6,9,24,29H,3,5,7-8H2,1H3,(H,25,27). The Kier molecular flexibility index (Phi) is 6.22. The smallest absolute Gasteiger partial charge is 0.392 e. The lowest BCUT2D eigenvalue weighted by molar-refractivity contribution is -0.142. The van der Waals surface area contributed by atoms with Crippen molar-refractivity contribution >= 4 is 23.4 Å². The number of pyridine rings is 1. The summed E-state index contributed by atoms with van der Waals surface area (Å²) in [5.74, 6) is -1.10. The average molecular weight is 447 g/mol. The van der Waals surface area contributed by atoms with E-state index in [9.17, 15) is 22.8 Å². The fourth-order valence-corrected chi connectivity index (χ4v) is 3.48. The van der Waals surface area contributed by atoms with Crippen LogP contribution in [-0.4, -0.2) is 52.3 Å². The van der Waals surface area contributed by atoms with Crippen LogP contribution < -0.4 is 10.8 Å². The molecule has 1 atom stereocenters. The number of hydroxylamine groups is 1. The molecule has 162 valence electrons. The number of halogens is 4. The summed E-state index contributed by atoms with van der Waals surface area (Å²) in [6.45, 7) is 1.50. The third-order valence-corrected chi connectivity index (χ3v) is 5.09. The number of dihydropyridines is 1. The highest BCUT2D eigenvalue weighted by atomic mass is 35.5. The maximum Gasteiger partial charge on any atom is 0.392 e. The number of alkyl halides is 3. The summed E-state index contributed by atoms with van der Waals surface area (Å²) in [6.07, 6.45) is -2.58. The summed E-state index contributed by atoms with van der Waals surface area (Å²) in [5.41, 5.74) is 2.86. The first-order valence-corrected chi connectivity index (χ1v) is 9.27. The molecule has 0 fully saturated rings. The van der Waals surface area contributed by atoms with Crippen molar-refractivity contribution in [2.45, 2.75) is 32.1 Å². The molecule has 1 unspecified atom stereocenters. The van der Waals surface area contributed by atoms with Gasteiger partial charge in [0.2, 0.25) is 5.88 Å². The highest BCUT2D eigenvalue weighted by Crippen LogP contribution is 2.30. The second-order valence-corrected chi connectivity index (χ2v) is 7.11. The van der Waals surface area contributed by atoms with Crippen LogP contribution in [0.3, 0.4) is 0 Å². The van der Waals surface area contributed by atoms with Gasteiger partial charge in [-0.25, -0.2) is 5.48 Å². The Morgan fingerprint density at radius 1 is 1.50 bits per heavy atom. The van der Waals surface area contributed by atoms with E-state index in [0.29, 0.717) is 16.7 Å². The van der Waals surface area contributed by atoms with Gasteiger partial charge in [0.15, 0.2) is 0 Å². The lowest BCUT2D eigenvalue weighted by Gasteiger charge is -2.29. The quantitative estimate of drug-likeness (QED) is 0.458. The molecule has 0 saturated carbocycles. The molecule has 0 bridgehead atoms. The minimum Gasteiger partial charge on any atom is -0.478 e. The summed E-state index contributed by atoms with van der Waals surface area (Å²) in [5, 5.41) is 11.8. The van der Waals surface area contributed by atoms with Crippen LogP contribution in [0.4, 0.5) is 13.2 Å². The van der Waals surface area contributed by atoms with Crippen LogP contribution in [0.2, 0.25) is 0 Å². The predicted molar refractivity (Wildman–Crippen MR) is 98.4 cm³/mol. The summed E-state index contributed by atoms with van der Waals surface area (Å²) < 4.78 is 41.8. The summed E-state index contributed by atoms with van der Waals surface area (Å²) in [4.78, 5) is 30.0. The molecule has 0 spiro atoms. The molecule has 3 N–H and O–H groups in total. The second-order valence-electron chi connectivity index (χ2n) is 6.70. The van der Waals surface area contributed by atoms with Crippen molar-refractivity contribution in [2.24, 2.45) is 0 Å². The Hall–Kier alpha value is -2.79. The highest BCUT2D eigenvalue weighted by Gasteiger charge is 2.36.